The summed E-state index contributed by atoms with van der Waals surface area (Å²) >= 11 is 0. The topological polar surface area (TPSA) is 32.3 Å². The summed E-state index contributed by atoms with van der Waals surface area (Å²) in [6.45, 7) is 8.87. The molecule has 0 amide bonds. The molecule has 11 heavy (non-hydrogen) atoms. The Balaban J connectivity index is 0. The Morgan fingerprint density at radius 1 is 1.45 bits per heavy atom. The minimum atomic E-state index is -0.245. The third-order valence-electron chi connectivity index (χ3n) is 1.76. The third-order valence-corrected chi connectivity index (χ3v) is 1.76. The van der Waals surface area contributed by atoms with Crippen molar-refractivity contribution in [1.82, 2.24) is 5.32 Å². The first kappa shape index (κ1) is 13.8. The van der Waals surface area contributed by atoms with Crippen LogP contribution in [0.3, 0.4) is 0 Å². The summed E-state index contributed by atoms with van der Waals surface area (Å²) in [4.78, 5) is 0. The van der Waals surface area contributed by atoms with Crippen LogP contribution >= 0.6 is 13.5 Å². The molecular weight excluding hydrogens is 158 g/mol. The second-order valence-corrected chi connectivity index (χ2v) is 3.47. The molecule has 0 bridgehead atoms. The summed E-state index contributed by atoms with van der Waals surface area (Å²) in [7, 11) is 0. The quantitative estimate of drug-likeness (QED) is 0.681. The average molecular weight is 179 g/mol. The Kier molecular flexibility index (Phi) is 7.37. The Hall–Kier alpha value is 0.270. The number of hydrogen-bond donors (Lipinski definition) is 2. The van der Waals surface area contributed by atoms with Gasteiger partial charge in [-0.3, -0.25) is 0 Å². The molecule has 0 fully saturated rings. The van der Waals surface area contributed by atoms with E-state index in [0.29, 0.717) is 6.54 Å². The van der Waals surface area contributed by atoms with Crippen LogP contribution in [0.1, 0.15) is 34.1 Å². The third kappa shape index (κ3) is 8.17. The minimum Gasteiger partial charge on any atom is -0.392 e. The average Bonchev–Trinajstić information content (AvgIpc) is 1.85. The van der Waals surface area contributed by atoms with Gasteiger partial charge in [0.25, 0.3) is 0 Å². The van der Waals surface area contributed by atoms with Crippen molar-refractivity contribution in [3.8, 4) is 0 Å². The van der Waals surface area contributed by atoms with Crippen molar-refractivity contribution >= 4 is 13.5 Å². The highest BCUT2D eigenvalue weighted by molar-refractivity contribution is 7.59. The molecule has 0 aliphatic rings. The van der Waals surface area contributed by atoms with Gasteiger partial charge < -0.3 is 10.4 Å². The SMILES string of the molecule is CCC(C)(C)NC[C@H](C)O.S. The van der Waals surface area contributed by atoms with Crippen molar-refractivity contribution in [3.05, 3.63) is 0 Å². The van der Waals surface area contributed by atoms with Gasteiger partial charge in [0.15, 0.2) is 0 Å². The Bertz CT molecular complexity index is 94.1. The smallest absolute Gasteiger partial charge is 0.0636 e. The van der Waals surface area contributed by atoms with E-state index in [1.165, 1.54) is 0 Å². The van der Waals surface area contributed by atoms with Gasteiger partial charge in [-0.05, 0) is 27.2 Å². The van der Waals surface area contributed by atoms with Gasteiger partial charge in [-0.15, -0.1) is 0 Å². The second-order valence-electron chi connectivity index (χ2n) is 3.47. The molecule has 0 heterocycles. The van der Waals surface area contributed by atoms with Crippen LogP contribution in [0.25, 0.3) is 0 Å². The lowest BCUT2D eigenvalue weighted by Crippen LogP contribution is -2.42. The predicted molar refractivity (Wildman–Crippen MR) is 54.4 cm³/mol. The second kappa shape index (κ2) is 5.86. The van der Waals surface area contributed by atoms with E-state index in [-0.39, 0.29) is 25.1 Å². The number of β-amino-alcohol motifs (C(OH)–C–C–N with tert-alkyl or cyclic N) is 1. The summed E-state index contributed by atoms with van der Waals surface area (Å²) < 4.78 is 0. The normalized spacial score (nSPS) is 13.9. The molecule has 0 aromatic heterocycles. The summed E-state index contributed by atoms with van der Waals surface area (Å²) in [6.07, 6.45) is 0.838. The van der Waals surface area contributed by atoms with Crippen molar-refractivity contribution in [1.29, 1.82) is 0 Å². The highest BCUT2D eigenvalue weighted by Gasteiger charge is 2.13. The van der Waals surface area contributed by atoms with Gasteiger partial charge in [-0.2, -0.15) is 13.5 Å². The largest absolute Gasteiger partial charge is 0.392 e. The zero-order chi connectivity index (χ0) is 8.20. The summed E-state index contributed by atoms with van der Waals surface area (Å²) in [6, 6.07) is 0. The molecule has 0 radical (unpaired) electrons. The molecule has 0 aromatic carbocycles. The molecule has 0 spiro atoms. The summed E-state index contributed by atoms with van der Waals surface area (Å²) in [5, 5.41) is 12.2. The van der Waals surface area contributed by atoms with E-state index < -0.39 is 0 Å². The summed E-state index contributed by atoms with van der Waals surface area (Å²) in [5.74, 6) is 0. The number of hydrogen-bond acceptors (Lipinski definition) is 2. The van der Waals surface area contributed by atoms with Gasteiger partial charge in [-0.25, -0.2) is 0 Å². The van der Waals surface area contributed by atoms with Crippen LogP contribution in [-0.2, 0) is 0 Å². The minimum absolute atomic E-state index is 0. The van der Waals surface area contributed by atoms with E-state index >= 15 is 0 Å². The van der Waals surface area contributed by atoms with E-state index in [1.807, 2.05) is 0 Å². The van der Waals surface area contributed by atoms with E-state index in [0.717, 1.165) is 6.42 Å². The molecule has 3 heteroatoms. The fraction of sp³-hybridized carbons (Fsp3) is 1.00. The molecular formula is C8H21NOS. The standard InChI is InChI=1S/C8H19NO.H2S/c1-5-8(3,4)9-6-7(2)10;/h7,9-10H,5-6H2,1-4H3;1H2/t7-;/m0./s1. The van der Waals surface area contributed by atoms with Crippen molar-refractivity contribution in [2.45, 2.75) is 45.8 Å². The first-order valence-corrected chi connectivity index (χ1v) is 3.91. The van der Waals surface area contributed by atoms with Crippen LogP contribution in [0.5, 0.6) is 0 Å². The summed E-state index contributed by atoms with van der Waals surface area (Å²) in [5.41, 5.74) is 0.164. The van der Waals surface area contributed by atoms with Gasteiger partial charge in [0.1, 0.15) is 0 Å². The predicted octanol–water partition coefficient (Wildman–Crippen LogP) is 1.26. The fourth-order valence-corrected chi connectivity index (χ4v) is 0.549. The van der Waals surface area contributed by atoms with E-state index in [2.05, 4.69) is 26.1 Å². The van der Waals surface area contributed by atoms with Crippen LogP contribution in [0.15, 0.2) is 0 Å². The number of rotatable bonds is 4. The number of aliphatic hydroxyl groups is 1. The fourth-order valence-electron chi connectivity index (χ4n) is 0.549. The first-order valence-electron chi connectivity index (χ1n) is 3.91. The number of aliphatic hydroxyl groups excluding tert-OH is 1. The highest BCUT2D eigenvalue weighted by Crippen LogP contribution is 2.05. The van der Waals surface area contributed by atoms with Crippen molar-refractivity contribution in [2.75, 3.05) is 6.54 Å². The molecule has 0 unspecified atom stereocenters. The Labute approximate surface area is 76.8 Å². The van der Waals surface area contributed by atoms with Crippen molar-refractivity contribution < 1.29 is 5.11 Å². The maximum absolute atomic E-state index is 8.95. The lowest BCUT2D eigenvalue weighted by molar-refractivity contribution is 0.175. The van der Waals surface area contributed by atoms with E-state index in [1.54, 1.807) is 6.92 Å². The first-order chi connectivity index (χ1) is 4.48. The monoisotopic (exact) mass is 179 g/mol. The van der Waals surface area contributed by atoms with Crippen LogP contribution in [0.4, 0.5) is 0 Å². The maximum Gasteiger partial charge on any atom is 0.0636 e. The molecule has 0 saturated carbocycles. The van der Waals surface area contributed by atoms with Crippen molar-refractivity contribution in [2.24, 2.45) is 0 Å². The van der Waals surface area contributed by atoms with Gasteiger partial charge >= 0.3 is 0 Å². The molecule has 0 aliphatic carbocycles. The lowest BCUT2D eigenvalue weighted by Gasteiger charge is -2.25. The van der Waals surface area contributed by atoms with Crippen LogP contribution in [-0.4, -0.2) is 23.3 Å². The molecule has 2 N–H and O–H groups in total. The highest BCUT2D eigenvalue weighted by atomic mass is 32.1. The molecule has 2 nitrogen and oxygen atoms in total. The molecule has 0 aliphatic heterocycles. The van der Waals surface area contributed by atoms with Gasteiger partial charge in [-0.1, -0.05) is 6.92 Å². The molecule has 0 aromatic rings. The molecule has 0 rings (SSSR count). The van der Waals surface area contributed by atoms with E-state index in [9.17, 15) is 0 Å². The number of nitrogens with one attached hydrogen (secondary N) is 1. The zero-order valence-corrected chi connectivity index (χ0v) is 8.94. The Morgan fingerprint density at radius 3 is 2.18 bits per heavy atom. The van der Waals surface area contributed by atoms with Crippen LogP contribution in [0, 0.1) is 0 Å². The van der Waals surface area contributed by atoms with Gasteiger partial charge in [0.2, 0.25) is 0 Å². The van der Waals surface area contributed by atoms with Crippen LogP contribution in [0.2, 0.25) is 0 Å². The molecule has 70 valence electrons. The van der Waals surface area contributed by atoms with Crippen LogP contribution < -0.4 is 5.32 Å². The zero-order valence-electron chi connectivity index (χ0n) is 7.94. The lowest BCUT2D eigenvalue weighted by atomic mass is 10.0. The molecule has 1 atom stereocenters. The van der Waals surface area contributed by atoms with Crippen molar-refractivity contribution in [3.63, 3.8) is 0 Å². The maximum atomic E-state index is 8.95. The molecule has 0 saturated heterocycles. The van der Waals surface area contributed by atoms with E-state index in [4.69, 9.17) is 5.11 Å². The van der Waals surface area contributed by atoms with Gasteiger partial charge in [0.05, 0.1) is 6.10 Å². The van der Waals surface area contributed by atoms with Gasteiger partial charge in [0, 0.05) is 12.1 Å². The Morgan fingerprint density at radius 2 is 1.91 bits per heavy atom.